The minimum absolute atomic E-state index is 1.23. The Balaban J connectivity index is 2.32. The third kappa shape index (κ3) is 20.2. The Hall–Kier alpha value is -0.790. The molecule has 1 aromatic rings. The third-order valence-corrected chi connectivity index (χ3v) is 8.60. The monoisotopic (exact) mass is 532 g/mol. The lowest BCUT2D eigenvalue weighted by Crippen LogP contribution is -2.37. The van der Waals surface area contributed by atoms with Crippen molar-refractivity contribution in [2.24, 2.45) is 0 Å². The van der Waals surface area contributed by atoms with Crippen LogP contribution < -0.4 is 4.57 Å². The van der Waals surface area contributed by atoms with Crippen molar-refractivity contribution in [2.75, 3.05) is 0 Å². The molecular formula is C36H71N2+. The molecule has 0 saturated heterocycles. The molecule has 1 aromatic heterocycles. The van der Waals surface area contributed by atoms with Gasteiger partial charge in [-0.1, -0.05) is 162 Å². The highest BCUT2D eigenvalue weighted by Crippen LogP contribution is 2.14. The molecule has 1 rings (SSSR count). The Bertz CT molecular complexity index is 549. The van der Waals surface area contributed by atoms with E-state index in [-0.39, 0.29) is 0 Å². The molecule has 0 fully saturated rings. The standard InChI is InChI=1S/C36H71N2/c1-4-7-10-13-16-18-20-23-26-29-32-37-34-35-38(36(37)31-28-25-22-15-12-9-6-3)33-30-27-24-21-19-17-14-11-8-5-2/h34-35H,4-33H2,1-3H3/q+1. The number of unbranched alkanes of at least 4 members (excludes halogenated alkanes) is 24. The van der Waals surface area contributed by atoms with Crippen LogP contribution in [0.2, 0.25) is 0 Å². The number of aryl methyl sites for hydroxylation is 2. The minimum atomic E-state index is 1.23. The number of imidazole rings is 1. The highest BCUT2D eigenvalue weighted by molar-refractivity contribution is 4.84. The zero-order chi connectivity index (χ0) is 27.4. The average Bonchev–Trinajstić information content (AvgIpc) is 3.31. The highest BCUT2D eigenvalue weighted by Gasteiger charge is 2.16. The number of hydrogen-bond acceptors (Lipinski definition) is 0. The maximum absolute atomic E-state index is 2.62. The van der Waals surface area contributed by atoms with E-state index in [2.05, 4.69) is 42.3 Å². The molecule has 224 valence electrons. The van der Waals surface area contributed by atoms with Gasteiger partial charge in [0.1, 0.15) is 12.4 Å². The van der Waals surface area contributed by atoms with Crippen LogP contribution in [0.25, 0.3) is 0 Å². The molecular weight excluding hydrogens is 460 g/mol. The molecule has 0 saturated carbocycles. The summed E-state index contributed by atoms with van der Waals surface area (Å²) in [4.78, 5) is 0. The zero-order valence-electron chi connectivity index (χ0n) is 26.8. The molecule has 0 N–H and O–H groups in total. The molecule has 2 nitrogen and oxygen atoms in total. The molecule has 38 heavy (non-hydrogen) atoms. The number of nitrogens with zero attached hydrogens (tertiary/aromatic N) is 2. The molecule has 0 aromatic carbocycles. The van der Waals surface area contributed by atoms with Gasteiger partial charge in [0.15, 0.2) is 0 Å². The molecule has 0 aliphatic carbocycles. The first-order chi connectivity index (χ1) is 18.8. The van der Waals surface area contributed by atoms with Gasteiger partial charge in [0, 0.05) is 6.42 Å². The second kappa shape index (κ2) is 27.8. The van der Waals surface area contributed by atoms with E-state index in [1.54, 1.807) is 5.82 Å². The normalized spacial score (nSPS) is 11.6. The van der Waals surface area contributed by atoms with Crippen molar-refractivity contribution >= 4 is 0 Å². The summed E-state index contributed by atoms with van der Waals surface area (Å²) in [5.41, 5.74) is 0. The van der Waals surface area contributed by atoms with Gasteiger partial charge in [0.2, 0.25) is 0 Å². The third-order valence-electron chi connectivity index (χ3n) is 8.60. The smallest absolute Gasteiger partial charge is 0.234 e. The van der Waals surface area contributed by atoms with Gasteiger partial charge in [-0.05, 0) is 32.1 Å². The Labute approximate surface area is 240 Å². The van der Waals surface area contributed by atoms with Crippen LogP contribution in [0.4, 0.5) is 0 Å². The molecule has 0 aliphatic rings. The van der Waals surface area contributed by atoms with Gasteiger partial charge in [-0.25, -0.2) is 9.13 Å². The first-order valence-electron chi connectivity index (χ1n) is 17.9. The summed E-state index contributed by atoms with van der Waals surface area (Å²) < 4.78 is 5.25. The van der Waals surface area contributed by atoms with Crippen molar-refractivity contribution in [3.63, 3.8) is 0 Å². The van der Waals surface area contributed by atoms with Crippen LogP contribution in [0, 0.1) is 0 Å². The largest absolute Gasteiger partial charge is 0.256 e. The SMILES string of the molecule is CCCCCCCCCCCCn1cc[n+](CCCCCCCCCCCC)c1CCCCCCCCC. The fourth-order valence-electron chi connectivity index (χ4n) is 5.97. The molecule has 1 heterocycles. The van der Waals surface area contributed by atoms with Crippen molar-refractivity contribution in [1.29, 1.82) is 0 Å². The molecule has 2 heteroatoms. The Morgan fingerprint density at radius 3 is 1.26 bits per heavy atom. The summed E-state index contributed by atoms with van der Waals surface area (Å²) >= 11 is 0. The second-order valence-corrected chi connectivity index (χ2v) is 12.3. The van der Waals surface area contributed by atoms with E-state index < -0.39 is 0 Å². The van der Waals surface area contributed by atoms with Crippen molar-refractivity contribution < 1.29 is 4.57 Å². The maximum atomic E-state index is 2.62. The van der Waals surface area contributed by atoms with Gasteiger partial charge < -0.3 is 0 Å². The molecule has 0 radical (unpaired) electrons. The lowest BCUT2D eigenvalue weighted by Gasteiger charge is -2.07. The van der Waals surface area contributed by atoms with Gasteiger partial charge in [-0.15, -0.1) is 0 Å². The summed E-state index contributed by atoms with van der Waals surface area (Å²) in [5, 5.41) is 0. The van der Waals surface area contributed by atoms with Gasteiger partial charge in [-0.3, -0.25) is 0 Å². The van der Waals surface area contributed by atoms with Gasteiger partial charge in [0.05, 0.1) is 13.1 Å². The van der Waals surface area contributed by atoms with Crippen LogP contribution in [0.15, 0.2) is 12.4 Å². The number of aromatic nitrogens is 2. The van der Waals surface area contributed by atoms with Crippen LogP contribution in [0.3, 0.4) is 0 Å². The van der Waals surface area contributed by atoms with Crippen LogP contribution in [0.1, 0.15) is 200 Å². The van der Waals surface area contributed by atoms with Crippen LogP contribution in [-0.4, -0.2) is 4.57 Å². The number of hydrogen-bond donors (Lipinski definition) is 0. The first-order valence-corrected chi connectivity index (χ1v) is 17.9. The topological polar surface area (TPSA) is 8.81 Å². The summed E-state index contributed by atoms with van der Waals surface area (Å²) in [6.45, 7) is 9.39. The van der Waals surface area contributed by atoms with E-state index in [1.165, 1.54) is 193 Å². The van der Waals surface area contributed by atoms with Gasteiger partial charge in [-0.2, -0.15) is 0 Å². The maximum Gasteiger partial charge on any atom is 0.256 e. The predicted octanol–water partition coefficient (Wildman–Crippen LogP) is 11.9. The average molecular weight is 532 g/mol. The van der Waals surface area contributed by atoms with Crippen molar-refractivity contribution in [2.45, 2.75) is 214 Å². The van der Waals surface area contributed by atoms with E-state index >= 15 is 0 Å². The molecule has 0 bridgehead atoms. The van der Waals surface area contributed by atoms with Crippen molar-refractivity contribution in [1.82, 2.24) is 4.57 Å². The fourth-order valence-corrected chi connectivity index (χ4v) is 5.97. The first kappa shape index (κ1) is 35.2. The van der Waals surface area contributed by atoms with E-state index in [0.717, 1.165) is 0 Å². The molecule has 0 unspecified atom stereocenters. The molecule has 0 aliphatic heterocycles. The highest BCUT2D eigenvalue weighted by atomic mass is 15.1. The van der Waals surface area contributed by atoms with Crippen LogP contribution in [0.5, 0.6) is 0 Å². The van der Waals surface area contributed by atoms with Crippen LogP contribution in [-0.2, 0) is 19.5 Å². The molecule has 0 amide bonds. The van der Waals surface area contributed by atoms with Crippen molar-refractivity contribution in [3.05, 3.63) is 18.2 Å². The molecule has 0 atom stereocenters. The van der Waals surface area contributed by atoms with E-state index in [9.17, 15) is 0 Å². The van der Waals surface area contributed by atoms with Gasteiger partial charge in [0.25, 0.3) is 5.82 Å². The number of rotatable bonds is 30. The quantitative estimate of drug-likeness (QED) is 0.0689. The zero-order valence-corrected chi connectivity index (χ0v) is 26.8. The minimum Gasteiger partial charge on any atom is -0.234 e. The summed E-state index contributed by atoms with van der Waals surface area (Å²) in [7, 11) is 0. The molecule has 0 spiro atoms. The van der Waals surface area contributed by atoms with Crippen LogP contribution >= 0.6 is 0 Å². The van der Waals surface area contributed by atoms with Crippen molar-refractivity contribution in [3.8, 4) is 0 Å². The summed E-state index contributed by atoms with van der Waals surface area (Å²) in [6, 6.07) is 0. The second-order valence-electron chi connectivity index (χ2n) is 12.3. The van der Waals surface area contributed by atoms with E-state index in [1.807, 2.05) is 0 Å². The Morgan fingerprint density at radius 1 is 0.447 bits per heavy atom. The lowest BCUT2D eigenvalue weighted by molar-refractivity contribution is -0.704. The lowest BCUT2D eigenvalue weighted by atomic mass is 10.1. The van der Waals surface area contributed by atoms with E-state index in [4.69, 9.17) is 0 Å². The van der Waals surface area contributed by atoms with E-state index in [0.29, 0.717) is 0 Å². The summed E-state index contributed by atoms with van der Waals surface area (Å²) in [5.74, 6) is 1.62. The van der Waals surface area contributed by atoms with Gasteiger partial charge >= 0.3 is 0 Å². The fraction of sp³-hybridized carbons (Fsp3) is 0.917. The summed E-state index contributed by atoms with van der Waals surface area (Å²) in [6.07, 6.45) is 44.4. The Morgan fingerprint density at radius 2 is 0.816 bits per heavy atom. The Kier molecular flexibility index (Phi) is 25.7. The predicted molar refractivity (Wildman–Crippen MR) is 170 cm³/mol.